The Bertz CT molecular complexity index is 386. The molecule has 0 spiro atoms. The standard InChI is InChI=1S/C15H21F2N/c16-13-6-8-15(17)12(9-13)10-14(18)7-5-11-3-1-2-4-11/h6,8-9,11,14H,1-5,7,10,18H2. The van der Waals surface area contributed by atoms with Gasteiger partial charge in [0.1, 0.15) is 11.6 Å². The van der Waals surface area contributed by atoms with E-state index in [2.05, 4.69) is 0 Å². The van der Waals surface area contributed by atoms with Gasteiger partial charge < -0.3 is 5.73 Å². The van der Waals surface area contributed by atoms with Gasteiger partial charge in [-0.25, -0.2) is 8.78 Å². The maximum absolute atomic E-state index is 13.4. The molecule has 1 aliphatic carbocycles. The number of benzene rings is 1. The van der Waals surface area contributed by atoms with E-state index in [-0.39, 0.29) is 11.9 Å². The maximum atomic E-state index is 13.4. The largest absolute Gasteiger partial charge is 0.327 e. The molecule has 0 aromatic heterocycles. The quantitative estimate of drug-likeness (QED) is 0.848. The highest BCUT2D eigenvalue weighted by molar-refractivity contribution is 5.19. The molecule has 0 saturated heterocycles. The van der Waals surface area contributed by atoms with Crippen LogP contribution in [0.2, 0.25) is 0 Å². The van der Waals surface area contributed by atoms with Gasteiger partial charge in [0.25, 0.3) is 0 Å². The first-order valence-corrected chi connectivity index (χ1v) is 6.84. The summed E-state index contributed by atoms with van der Waals surface area (Å²) in [6.07, 6.45) is 7.73. The molecule has 1 nitrogen and oxygen atoms in total. The minimum Gasteiger partial charge on any atom is -0.327 e. The molecule has 3 heteroatoms. The molecular formula is C15H21F2N. The van der Waals surface area contributed by atoms with Gasteiger partial charge in [-0.05, 0) is 48.9 Å². The molecule has 0 amide bonds. The molecule has 1 aliphatic rings. The summed E-state index contributed by atoms with van der Waals surface area (Å²) in [5, 5.41) is 0. The summed E-state index contributed by atoms with van der Waals surface area (Å²) in [4.78, 5) is 0. The van der Waals surface area contributed by atoms with E-state index in [0.29, 0.717) is 12.0 Å². The third-order valence-corrected chi connectivity index (χ3v) is 3.91. The second kappa shape index (κ2) is 6.28. The molecule has 18 heavy (non-hydrogen) atoms. The number of rotatable bonds is 5. The Hall–Kier alpha value is -0.960. The van der Waals surface area contributed by atoms with Crippen molar-refractivity contribution in [3.05, 3.63) is 35.4 Å². The van der Waals surface area contributed by atoms with Crippen molar-refractivity contribution in [1.82, 2.24) is 0 Å². The molecule has 100 valence electrons. The summed E-state index contributed by atoms with van der Waals surface area (Å²) >= 11 is 0. The fourth-order valence-corrected chi connectivity index (χ4v) is 2.83. The molecule has 1 saturated carbocycles. The lowest BCUT2D eigenvalue weighted by molar-refractivity contribution is 0.443. The van der Waals surface area contributed by atoms with Gasteiger partial charge in [-0.15, -0.1) is 0 Å². The zero-order valence-corrected chi connectivity index (χ0v) is 10.7. The SMILES string of the molecule is NC(CCC1CCCC1)Cc1cc(F)ccc1F. The van der Waals surface area contributed by atoms with Crippen LogP contribution >= 0.6 is 0 Å². The average molecular weight is 253 g/mol. The summed E-state index contributed by atoms with van der Waals surface area (Å²) in [5.41, 5.74) is 6.41. The molecule has 1 fully saturated rings. The monoisotopic (exact) mass is 253 g/mol. The molecule has 0 heterocycles. The third kappa shape index (κ3) is 3.77. The number of nitrogens with two attached hydrogens (primary N) is 1. The summed E-state index contributed by atoms with van der Waals surface area (Å²) < 4.78 is 26.5. The Morgan fingerprint density at radius 2 is 1.94 bits per heavy atom. The second-order valence-corrected chi connectivity index (χ2v) is 5.43. The van der Waals surface area contributed by atoms with Crippen molar-refractivity contribution in [1.29, 1.82) is 0 Å². The van der Waals surface area contributed by atoms with Crippen molar-refractivity contribution in [2.24, 2.45) is 11.7 Å². The summed E-state index contributed by atoms with van der Waals surface area (Å²) in [5.74, 6) is 0.0514. The first-order chi connectivity index (χ1) is 8.65. The zero-order valence-electron chi connectivity index (χ0n) is 10.7. The predicted molar refractivity (Wildman–Crippen MR) is 69.2 cm³/mol. The second-order valence-electron chi connectivity index (χ2n) is 5.43. The highest BCUT2D eigenvalue weighted by atomic mass is 19.1. The van der Waals surface area contributed by atoms with Crippen molar-refractivity contribution in [2.45, 2.75) is 51.0 Å². The smallest absolute Gasteiger partial charge is 0.126 e. The van der Waals surface area contributed by atoms with Gasteiger partial charge in [0.15, 0.2) is 0 Å². The Morgan fingerprint density at radius 1 is 1.22 bits per heavy atom. The molecule has 0 radical (unpaired) electrons. The van der Waals surface area contributed by atoms with Crippen LogP contribution < -0.4 is 5.73 Å². The van der Waals surface area contributed by atoms with Crippen molar-refractivity contribution in [3.63, 3.8) is 0 Å². The Kier molecular flexibility index (Phi) is 4.70. The Labute approximate surface area is 107 Å². The summed E-state index contributed by atoms with van der Waals surface area (Å²) in [6, 6.07) is 3.50. The highest BCUT2D eigenvalue weighted by Gasteiger charge is 2.16. The Balaban J connectivity index is 1.82. The van der Waals surface area contributed by atoms with Gasteiger partial charge in [0, 0.05) is 6.04 Å². The highest BCUT2D eigenvalue weighted by Crippen LogP contribution is 2.29. The van der Waals surface area contributed by atoms with Gasteiger partial charge >= 0.3 is 0 Å². The van der Waals surface area contributed by atoms with Gasteiger partial charge in [-0.3, -0.25) is 0 Å². The van der Waals surface area contributed by atoms with E-state index in [1.165, 1.54) is 37.8 Å². The fraction of sp³-hybridized carbons (Fsp3) is 0.600. The molecule has 1 unspecified atom stereocenters. The predicted octanol–water partition coefficient (Wildman–Crippen LogP) is 3.81. The zero-order chi connectivity index (χ0) is 13.0. The van der Waals surface area contributed by atoms with E-state index in [1.807, 2.05) is 0 Å². The third-order valence-electron chi connectivity index (χ3n) is 3.91. The average Bonchev–Trinajstić information content (AvgIpc) is 2.84. The van der Waals surface area contributed by atoms with Crippen LogP contribution in [-0.2, 0) is 6.42 Å². The molecule has 2 rings (SSSR count). The first-order valence-electron chi connectivity index (χ1n) is 6.84. The van der Waals surface area contributed by atoms with Crippen LogP contribution in [0.4, 0.5) is 8.78 Å². The van der Waals surface area contributed by atoms with Gasteiger partial charge in [0.05, 0.1) is 0 Å². The molecule has 1 aromatic rings. The van der Waals surface area contributed by atoms with Gasteiger partial charge in [0.2, 0.25) is 0 Å². The molecule has 1 aromatic carbocycles. The lowest BCUT2D eigenvalue weighted by Crippen LogP contribution is -2.24. The van der Waals surface area contributed by atoms with Crippen LogP contribution in [-0.4, -0.2) is 6.04 Å². The van der Waals surface area contributed by atoms with E-state index in [1.54, 1.807) is 0 Å². The minimum absolute atomic E-state index is 0.0677. The Morgan fingerprint density at radius 3 is 2.67 bits per heavy atom. The number of halogens is 2. The van der Waals surface area contributed by atoms with E-state index in [9.17, 15) is 8.78 Å². The summed E-state index contributed by atoms with van der Waals surface area (Å²) in [7, 11) is 0. The molecule has 1 atom stereocenters. The molecule has 0 bridgehead atoms. The maximum Gasteiger partial charge on any atom is 0.126 e. The van der Waals surface area contributed by atoms with Crippen LogP contribution in [0.5, 0.6) is 0 Å². The topological polar surface area (TPSA) is 26.0 Å². The van der Waals surface area contributed by atoms with Crippen LogP contribution in [0.25, 0.3) is 0 Å². The first kappa shape index (κ1) is 13.5. The van der Waals surface area contributed by atoms with Crippen molar-refractivity contribution < 1.29 is 8.78 Å². The van der Waals surface area contributed by atoms with E-state index < -0.39 is 5.82 Å². The molecule has 2 N–H and O–H groups in total. The molecular weight excluding hydrogens is 232 g/mol. The summed E-state index contributed by atoms with van der Waals surface area (Å²) in [6.45, 7) is 0. The van der Waals surface area contributed by atoms with Crippen LogP contribution in [0.3, 0.4) is 0 Å². The van der Waals surface area contributed by atoms with Crippen molar-refractivity contribution >= 4 is 0 Å². The van der Waals surface area contributed by atoms with Gasteiger partial charge in [-0.1, -0.05) is 25.7 Å². The van der Waals surface area contributed by atoms with E-state index >= 15 is 0 Å². The van der Waals surface area contributed by atoms with Gasteiger partial charge in [-0.2, -0.15) is 0 Å². The van der Waals surface area contributed by atoms with Crippen molar-refractivity contribution in [3.8, 4) is 0 Å². The number of hydrogen-bond donors (Lipinski definition) is 1. The van der Waals surface area contributed by atoms with Crippen LogP contribution in [0, 0.1) is 17.6 Å². The van der Waals surface area contributed by atoms with E-state index in [0.717, 1.165) is 24.8 Å². The molecule has 0 aliphatic heterocycles. The normalized spacial score (nSPS) is 18.2. The lowest BCUT2D eigenvalue weighted by atomic mass is 9.95. The van der Waals surface area contributed by atoms with Crippen LogP contribution in [0.15, 0.2) is 18.2 Å². The minimum atomic E-state index is -0.394. The van der Waals surface area contributed by atoms with Crippen molar-refractivity contribution in [2.75, 3.05) is 0 Å². The fourth-order valence-electron chi connectivity index (χ4n) is 2.83. The van der Waals surface area contributed by atoms with Crippen LogP contribution in [0.1, 0.15) is 44.1 Å². The van der Waals surface area contributed by atoms with E-state index in [4.69, 9.17) is 5.73 Å². The lowest BCUT2D eigenvalue weighted by Gasteiger charge is -2.15. The number of hydrogen-bond acceptors (Lipinski definition) is 1.